The maximum atomic E-state index is 11.9. The van der Waals surface area contributed by atoms with Gasteiger partial charge in [0.1, 0.15) is 0 Å². The van der Waals surface area contributed by atoms with E-state index in [4.69, 9.17) is 17.3 Å². The van der Waals surface area contributed by atoms with Crippen molar-refractivity contribution in [2.45, 2.75) is 26.0 Å². The zero-order valence-corrected chi connectivity index (χ0v) is 12.4. The zero-order valence-electron chi connectivity index (χ0n) is 10.9. The van der Waals surface area contributed by atoms with Crippen molar-refractivity contribution in [1.82, 2.24) is 0 Å². The second kappa shape index (κ2) is 6.90. The number of halogens is 1. The van der Waals surface area contributed by atoms with Gasteiger partial charge in [-0.2, -0.15) is 0 Å². The van der Waals surface area contributed by atoms with Crippen LogP contribution >= 0.6 is 23.4 Å². The van der Waals surface area contributed by atoms with Gasteiger partial charge in [0.25, 0.3) is 0 Å². The lowest BCUT2D eigenvalue weighted by molar-refractivity contribution is -0.115. The van der Waals surface area contributed by atoms with Crippen molar-refractivity contribution in [2.75, 3.05) is 16.8 Å². The molecule has 0 aromatic heterocycles. The van der Waals surface area contributed by atoms with Gasteiger partial charge in [-0.3, -0.25) is 4.79 Å². The molecular formula is C13H19ClN2OS. The molecular weight excluding hydrogens is 268 g/mol. The van der Waals surface area contributed by atoms with E-state index < -0.39 is 0 Å². The summed E-state index contributed by atoms with van der Waals surface area (Å²) in [7, 11) is 0. The van der Waals surface area contributed by atoms with E-state index in [-0.39, 0.29) is 11.2 Å². The standard InChI is InChI=1S/C13H19ClN2OS/c1-8(2)7-18-9(3)13(17)16-12-5-4-10(15)6-11(12)14/h4-6,8-9H,7,15H2,1-3H3,(H,16,17). The highest BCUT2D eigenvalue weighted by Crippen LogP contribution is 2.25. The number of hydrogen-bond donors (Lipinski definition) is 2. The van der Waals surface area contributed by atoms with Crippen LogP contribution in [0.25, 0.3) is 0 Å². The van der Waals surface area contributed by atoms with E-state index >= 15 is 0 Å². The Hall–Kier alpha value is -0.870. The van der Waals surface area contributed by atoms with Crippen molar-refractivity contribution in [3.05, 3.63) is 23.2 Å². The quantitative estimate of drug-likeness (QED) is 0.813. The monoisotopic (exact) mass is 286 g/mol. The fourth-order valence-electron chi connectivity index (χ4n) is 1.28. The number of nitrogen functional groups attached to an aromatic ring is 1. The lowest BCUT2D eigenvalue weighted by Crippen LogP contribution is -2.23. The molecule has 18 heavy (non-hydrogen) atoms. The third-order valence-electron chi connectivity index (χ3n) is 2.30. The van der Waals surface area contributed by atoms with Crippen molar-refractivity contribution in [2.24, 2.45) is 5.92 Å². The molecule has 0 fully saturated rings. The van der Waals surface area contributed by atoms with Crippen LogP contribution in [0.4, 0.5) is 11.4 Å². The number of nitrogens with two attached hydrogens (primary N) is 1. The van der Waals surface area contributed by atoms with Crippen molar-refractivity contribution >= 4 is 40.6 Å². The summed E-state index contributed by atoms with van der Waals surface area (Å²) in [6.45, 7) is 6.16. The van der Waals surface area contributed by atoms with Crippen molar-refractivity contribution < 1.29 is 4.79 Å². The SMILES string of the molecule is CC(C)CSC(C)C(=O)Nc1ccc(N)cc1Cl. The fourth-order valence-corrected chi connectivity index (χ4v) is 2.40. The van der Waals surface area contributed by atoms with Crippen LogP contribution < -0.4 is 11.1 Å². The summed E-state index contributed by atoms with van der Waals surface area (Å²) in [5.74, 6) is 1.50. The molecule has 100 valence electrons. The molecule has 1 rings (SSSR count). The van der Waals surface area contributed by atoms with E-state index in [0.717, 1.165) is 5.75 Å². The Morgan fingerprint density at radius 1 is 1.44 bits per heavy atom. The molecule has 3 nitrogen and oxygen atoms in total. The maximum Gasteiger partial charge on any atom is 0.237 e. The maximum absolute atomic E-state index is 11.9. The highest BCUT2D eigenvalue weighted by molar-refractivity contribution is 8.00. The minimum atomic E-state index is -0.0963. The fraction of sp³-hybridized carbons (Fsp3) is 0.462. The normalized spacial score (nSPS) is 12.5. The van der Waals surface area contributed by atoms with Crippen LogP contribution in [-0.2, 0) is 4.79 Å². The van der Waals surface area contributed by atoms with E-state index in [1.165, 1.54) is 0 Å². The molecule has 1 aromatic rings. The molecule has 0 saturated heterocycles. The average molecular weight is 287 g/mol. The van der Waals surface area contributed by atoms with Gasteiger partial charge in [-0.15, -0.1) is 11.8 Å². The van der Waals surface area contributed by atoms with Crippen LogP contribution in [-0.4, -0.2) is 16.9 Å². The Morgan fingerprint density at radius 2 is 2.11 bits per heavy atom. The number of amides is 1. The van der Waals surface area contributed by atoms with Crippen LogP contribution in [0.1, 0.15) is 20.8 Å². The highest BCUT2D eigenvalue weighted by atomic mass is 35.5. The van der Waals surface area contributed by atoms with E-state index in [1.807, 2.05) is 6.92 Å². The largest absolute Gasteiger partial charge is 0.399 e. The Bertz CT molecular complexity index is 423. The first-order valence-electron chi connectivity index (χ1n) is 5.87. The van der Waals surface area contributed by atoms with Crippen LogP contribution in [0.2, 0.25) is 5.02 Å². The predicted molar refractivity (Wildman–Crippen MR) is 81.3 cm³/mol. The molecule has 1 atom stereocenters. The Balaban J connectivity index is 2.58. The number of benzene rings is 1. The van der Waals surface area contributed by atoms with Gasteiger partial charge in [0.2, 0.25) is 5.91 Å². The molecule has 3 N–H and O–H groups in total. The minimum Gasteiger partial charge on any atom is -0.399 e. The lowest BCUT2D eigenvalue weighted by Gasteiger charge is -2.14. The van der Waals surface area contributed by atoms with Crippen LogP contribution in [0.15, 0.2) is 18.2 Å². The lowest BCUT2D eigenvalue weighted by atomic mass is 10.2. The molecule has 0 saturated carbocycles. The Kier molecular flexibility index (Phi) is 5.82. The van der Waals surface area contributed by atoms with E-state index in [0.29, 0.717) is 22.3 Å². The van der Waals surface area contributed by atoms with Gasteiger partial charge in [-0.25, -0.2) is 0 Å². The van der Waals surface area contributed by atoms with E-state index in [2.05, 4.69) is 19.2 Å². The molecule has 0 radical (unpaired) electrons. The summed E-state index contributed by atoms with van der Waals surface area (Å²) in [5.41, 5.74) is 6.79. The van der Waals surface area contributed by atoms with Gasteiger partial charge in [0, 0.05) is 5.69 Å². The number of carbonyl (C=O) groups excluding carboxylic acids is 1. The number of anilines is 2. The summed E-state index contributed by atoms with van der Waals surface area (Å²) in [4.78, 5) is 11.9. The second-order valence-electron chi connectivity index (χ2n) is 4.60. The number of thioether (sulfide) groups is 1. The van der Waals surface area contributed by atoms with Gasteiger partial charge in [0.15, 0.2) is 0 Å². The summed E-state index contributed by atoms with van der Waals surface area (Å²) >= 11 is 7.65. The minimum absolute atomic E-state index is 0.0349. The smallest absolute Gasteiger partial charge is 0.237 e. The third kappa shape index (κ3) is 4.78. The van der Waals surface area contributed by atoms with Gasteiger partial charge in [-0.1, -0.05) is 25.4 Å². The van der Waals surface area contributed by atoms with Gasteiger partial charge >= 0.3 is 0 Å². The van der Waals surface area contributed by atoms with Gasteiger partial charge in [0.05, 0.1) is 16.0 Å². The zero-order chi connectivity index (χ0) is 13.7. The Labute approximate surface area is 117 Å². The molecule has 0 aliphatic heterocycles. The summed E-state index contributed by atoms with van der Waals surface area (Å²) in [6.07, 6.45) is 0. The summed E-state index contributed by atoms with van der Waals surface area (Å²) in [5, 5.41) is 3.18. The molecule has 0 bridgehead atoms. The first-order valence-corrected chi connectivity index (χ1v) is 7.30. The number of nitrogens with one attached hydrogen (secondary N) is 1. The Morgan fingerprint density at radius 3 is 2.67 bits per heavy atom. The van der Waals surface area contributed by atoms with Crippen LogP contribution in [0.3, 0.4) is 0 Å². The topological polar surface area (TPSA) is 55.1 Å². The highest BCUT2D eigenvalue weighted by Gasteiger charge is 2.15. The average Bonchev–Trinajstić information content (AvgIpc) is 2.29. The first kappa shape index (κ1) is 15.2. The summed E-state index contributed by atoms with van der Waals surface area (Å²) < 4.78 is 0. The molecule has 0 aliphatic carbocycles. The molecule has 0 spiro atoms. The van der Waals surface area contributed by atoms with E-state index in [1.54, 1.807) is 30.0 Å². The predicted octanol–water partition coefficient (Wildman–Crippen LogP) is 3.64. The van der Waals surface area contributed by atoms with E-state index in [9.17, 15) is 4.79 Å². The second-order valence-corrected chi connectivity index (χ2v) is 6.38. The third-order valence-corrected chi connectivity index (χ3v) is 4.19. The van der Waals surface area contributed by atoms with Crippen LogP contribution in [0, 0.1) is 5.92 Å². The number of carbonyl (C=O) groups is 1. The molecule has 1 amide bonds. The number of hydrogen-bond acceptors (Lipinski definition) is 3. The molecule has 0 heterocycles. The molecule has 0 aliphatic rings. The van der Waals surface area contributed by atoms with Gasteiger partial charge < -0.3 is 11.1 Å². The van der Waals surface area contributed by atoms with Gasteiger partial charge in [-0.05, 0) is 36.8 Å². The number of rotatable bonds is 5. The molecule has 1 aromatic carbocycles. The summed E-state index contributed by atoms with van der Waals surface area (Å²) in [6, 6.07) is 5.06. The first-order chi connectivity index (χ1) is 8.40. The molecule has 1 unspecified atom stereocenters. The van der Waals surface area contributed by atoms with Crippen molar-refractivity contribution in [3.63, 3.8) is 0 Å². The molecule has 5 heteroatoms. The van der Waals surface area contributed by atoms with Crippen LogP contribution in [0.5, 0.6) is 0 Å². The van der Waals surface area contributed by atoms with Crippen molar-refractivity contribution in [3.8, 4) is 0 Å². The van der Waals surface area contributed by atoms with Crippen molar-refractivity contribution in [1.29, 1.82) is 0 Å².